The van der Waals surface area contributed by atoms with E-state index in [4.69, 9.17) is 9.05 Å². The van der Waals surface area contributed by atoms with E-state index in [0.29, 0.717) is 0 Å². The average Bonchev–Trinajstić information content (AvgIpc) is 1.96. The van der Waals surface area contributed by atoms with Crippen molar-refractivity contribution in [1.82, 2.24) is 0 Å². The smallest absolute Gasteiger partial charge is 0.285 e. The predicted molar refractivity (Wildman–Crippen MR) is 59.1 cm³/mol. The van der Waals surface area contributed by atoms with Gasteiger partial charge < -0.3 is 0 Å². The third-order valence-corrected chi connectivity index (χ3v) is 2.20. The van der Waals surface area contributed by atoms with Gasteiger partial charge in [-0.3, -0.25) is 9.05 Å². The fraction of sp³-hybridized carbons (Fsp3) is 1.00. The van der Waals surface area contributed by atoms with Crippen LogP contribution in [0.15, 0.2) is 0 Å². The summed E-state index contributed by atoms with van der Waals surface area (Å²) in [5, 5.41) is 0. The molecule has 0 atom stereocenters. The molecule has 0 saturated carbocycles. The summed E-state index contributed by atoms with van der Waals surface area (Å²) in [7, 11) is -4.14. The largest absolute Gasteiger partial charge is 0.502 e. The molecule has 91 valence electrons. The first-order valence-electron chi connectivity index (χ1n) is 5.01. The highest BCUT2D eigenvalue weighted by atomic mass is 31.2. The minimum Gasteiger partial charge on any atom is -0.285 e. The first-order valence-corrected chi connectivity index (χ1v) is 6.48. The Morgan fingerprint density at radius 1 is 0.867 bits per heavy atom. The molecule has 0 N–H and O–H groups in total. The van der Waals surface area contributed by atoms with Gasteiger partial charge in [-0.25, -0.2) is 4.57 Å². The summed E-state index contributed by atoms with van der Waals surface area (Å²) in [6.45, 7) is 11.7. The Bertz CT molecular complexity index is 215. The van der Waals surface area contributed by atoms with Gasteiger partial charge in [-0.2, -0.15) is 0 Å². The first-order chi connectivity index (χ1) is 6.41. The van der Waals surface area contributed by atoms with Gasteiger partial charge in [0, 0.05) is 0 Å². The van der Waals surface area contributed by atoms with Crippen LogP contribution in [-0.4, -0.2) is 13.2 Å². The Hall–Kier alpha value is 0.110. The van der Waals surface area contributed by atoms with Gasteiger partial charge in [0.15, 0.2) is 0 Å². The molecule has 0 saturated heterocycles. The molecule has 0 rings (SSSR count). The van der Waals surface area contributed by atoms with Gasteiger partial charge in [0.1, 0.15) is 0 Å². The highest BCUT2D eigenvalue weighted by molar-refractivity contribution is 7.47. The summed E-state index contributed by atoms with van der Waals surface area (Å²) < 4.78 is 20.8. The summed E-state index contributed by atoms with van der Waals surface area (Å²) in [6, 6.07) is 0. The van der Waals surface area contributed by atoms with Crippen LogP contribution < -0.4 is 0 Å². The molecule has 0 heterocycles. The maximum absolute atomic E-state index is 11.3. The van der Waals surface area contributed by atoms with Crippen LogP contribution in [0.1, 0.15) is 41.5 Å². The van der Waals surface area contributed by atoms with Gasteiger partial charge in [-0.15, -0.1) is 4.89 Å². The van der Waals surface area contributed by atoms with Crippen molar-refractivity contribution >= 4 is 7.82 Å². The zero-order chi connectivity index (χ0) is 12.3. The van der Waals surface area contributed by atoms with Crippen molar-refractivity contribution in [2.45, 2.75) is 41.5 Å². The molecular formula is C10H22O4P. The molecule has 0 aromatic rings. The molecule has 0 fully saturated rings. The maximum Gasteiger partial charge on any atom is 0.502 e. The Kier molecular flexibility index (Phi) is 5.00. The minimum absolute atomic E-state index is 0.137. The second-order valence-corrected chi connectivity index (χ2v) is 7.53. The van der Waals surface area contributed by atoms with Gasteiger partial charge in [0.25, 0.3) is 0 Å². The van der Waals surface area contributed by atoms with Crippen molar-refractivity contribution in [3.63, 3.8) is 0 Å². The Balaban J connectivity index is 4.04. The highest BCUT2D eigenvalue weighted by Gasteiger charge is 2.28. The van der Waals surface area contributed by atoms with Crippen molar-refractivity contribution in [2.75, 3.05) is 13.2 Å². The summed E-state index contributed by atoms with van der Waals surface area (Å²) in [5.41, 5.74) is -0.379. The van der Waals surface area contributed by atoms with E-state index in [1.165, 1.54) is 0 Å². The SMILES string of the molecule is CC(C)(C)COP([O])(=O)OCC(C)(C)C. The maximum atomic E-state index is 11.3. The van der Waals surface area contributed by atoms with Crippen molar-refractivity contribution in [3.8, 4) is 0 Å². The molecule has 4 nitrogen and oxygen atoms in total. The van der Waals surface area contributed by atoms with E-state index in [1.807, 2.05) is 41.5 Å². The summed E-state index contributed by atoms with van der Waals surface area (Å²) >= 11 is 0. The second-order valence-electron chi connectivity index (χ2n) is 6.12. The van der Waals surface area contributed by atoms with Crippen LogP contribution >= 0.6 is 7.82 Å². The lowest BCUT2D eigenvalue weighted by Crippen LogP contribution is -2.17. The van der Waals surface area contributed by atoms with Crippen molar-refractivity contribution in [1.29, 1.82) is 0 Å². The molecule has 0 aliphatic carbocycles. The van der Waals surface area contributed by atoms with Gasteiger partial charge in [0.05, 0.1) is 13.2 Å². The van der Waals surface area contributed by atoms with Crippen LogP contribution in [-0.2, 0) is 18.5 Å². The molecule has 0 aromatic heterocycles. The molecule has 0 aliphatic heterocycles. The molecular weight excluding hydrogens is 215 g/mol. The summed E-state index contributed by atoms with van der Waals surface area (Å²) in [4.78, 5) is 11.3. The van der Waals surface area contributed by atoms with E-state index in [-0.39, 0.29) is 24.0 Å². The van der Waals surface area contributed by atoms with E-state index >= 15 is 0 Å². The normalized spacial score (nSPS) is 14.3. The number of hydrogen-bond acceptors (Lipinski definition) is 3. The van der Waals surface area contributed by atoms with Crippen molar-refractivity contribution in [2.24, 2.45) is 10.8 Å². The third kappa shape index (κ3) is 10.4. The lowest BCUT2D eigenvalue weighted by atomic mass is 9.99. The Morgan fingerprint density at radius 3 is 1.33 bits per heavy atom. The van der Waals surface area contributed by atoms with Crippen LogP contribution in [0.2, 0.25) is 0 Å². The van der Waals surface area contributed by atoms with E-state index in [2.05, 4.69) is 0 Å². The molecule has 0 aliphatic rings. The van der Waals surface area contributed by atoms with Crippen molar-refractivity contribution < 1.29 is 18.5 Å². The van der Waals surface area contributed by atoms with Gasteiger partial charge in [-0.1, -0.05) is 41.5 Å². The third-order valence-electron chi connectivity index (χ3n) is 1.31. The molecule has 0 bridgehead atoms. The van der Waals surface area contributed by atoms with Crippen LogP contribution in [0.25, 0.3) is 0 Å². The van der Waals surface area contributed by atoms with Crippen LogP contribution in [0.4, 0.5) is 0 Å². The quantitative estimate of drug-likeness (QED) is 0.701. The Labute approximate surface area is 92.6 Å². The fourth-order valence-electron chi connectivity index (χ4n) is 0.583. The zero-order valence-corrected chi connectivity index (χ0v) is 11.4. The topological polar surface area (TPSA) is 55.4 Å². The summed E-state index contributed by atoms with van der Waals surface area (Å²) in [5.74, 6) is 0. The standard InChI is InChI=1S/C10H22O4P/c1-9(2,3)7-13-15(11,12)14-8-10(4,5)6/h7-8H2,1-6H3. The van der Waals surface area contributed by atoms with E-state index in [1.54, 1.807) is 0 Å². The average molecular weight is 237 g/mol. The van der Waals surface area contributed by atoms with Gasteiger partial charge >= 0.3 is 7.82 Å². The molecule has 1 radical (unpaired) electrons. The molecule has 5 heteroatoms. The molecule has 0 unspecified atom stereocenters. The molecule has 0 amide bonds. The van der Waals surface area contributed by atoms with Gasteiger partial charge in [0.2, 0.25) is 0 Å². The number of rotatable bonds is 4. The summed E-state index contributed by atoms with van der Waals surface area (Å²) in [6.07, 6.45) is 0. The zero-order valence-electron chi connectivity index (χ0n) is 10.5. The van der Waals surface area contributed by atoms with Crippen LogP contribution in [0.5, 0.6) is 0 Å². The first kappa shape index (κ1) is 15.1. The van der Waals surface area contributed by atoms with E-state index in [0.717, 1.165) is 0 Å². The van der Waals surface area contributed by atoms with E-state index in [9.17, 15) is 9.46 Å². The molecule has 0 aromatic carbocycles. The lowest BCUT2D eigenvalue weighted by molar-refractivity contribution is 0.0739. The molecule has 15 heavy (non-hydrogen) atoms. The lowest BCUT2D eigenvalue weighted by Gasteiger charge is -2.22. The fourth-order valence-corrected chi connectivity index (χ4v) is 1.75. The number of hydrogen-bond donors (Lipinski definition) is 0. The minimum atomic E-state index is -4.14. The highest BCUT2D eigenvalue weighted by Crippen LogP contribution is 2.46. The van der Waals surface area contributed by atoms with E-state index < -0.39 is 7.82 Å². The molecule has 0 spiro atoms. The Morgan fingerprint density at radius 2 is 1.13 bits per heavy atom. The van der Waals surface area contributed by atoms with Gasteiger partial charge in [-0.05, 0) is 10.8 Å². The second kappa shape index (κ2) is 4.96. The van der Waals surface area contributed by atoms with Crippen LogP contribution in [0, 0.1) is 10.8 Å². The van der Waals surface area contributed by atoms with Crippen molar-refractivity contribution in [3.05, 3.63) is 0 Å². The van der Waals surface area contributed by atoms with Crippen LogP contribution in [0.3, 0.4) is 0 Å². The predicted octanol–water partition coefficient (Wildman–Crippen LogP) is 3.65. The monoisotopic (exact) mass is 237 g/mol.